The second kappa shape index (κ2) is 5.55. The standard InChI is InChI=1S/C12H9F3O4/c13-12(14,15)9-6-8(11(18)19)5-4-7(9)2-1-3-10(16)17/h1-2,4-6H,3H2,(H,16,17)(H,18,19). The van der Waals surface area contributed by atoms with Crippen molar-refractivity contribution in [2.45, 2.75) is 12.6 Å². The molecule has 0 spiro atoms. The minimum atomic E-state index is -4.71. The summed E-state index contributed by atoms with van der Waals surface area (Å²) in [5.41, 5.74) is -1.88. The molecule has 0 bridgehead atoms. The van der Waals surface area contributed by atoms with Crippen LogP contribution in [0.25, 0.3) is 6.08 Å². The molecule has 0 radical (unpaired) electrons. The van der Waals surface area contributed by atoms with Gasteiger partial charge in [-0.25, -0.2) is 4.79 Å². The molecule has 0 aliphatic heterocycles. The summed E-state index contributed by atoms with van der Waals surface area (Å²) in [4.78, 5) is 20.9. The quantitative estimate of drug-likeness (QED) is 0.885. The van der Waals surface area contributed by atoms with E-state index in [4.69, 9.17) is 10.2 Å². The van der Waals surface area contributed by atoms with E-state index in [0.29, 0.717) is 6.07 Å². The van der Waals surface area contributed by atoms with Gasteiger partial charge in [0.05, 0.1) is 17.5 Å². The predicted molar refractivity (Wildman–Crippen MR) is 59.7 cm³/mol. The van der Waals surface area contributed by atoms with Crippen LogP contribution in [-0.4, -0.2) is 22.2 Å². The number of rotatable bonds is 4. The van der Waals surface area contributed by atoms with E-state index in [1.807, 2.05) is 0 Å². The van der Waals surface area contributed by atoms with Crippen molar-refractivity contribution in [1.29, 1.82) is 0 Å². The first kappa shape index (κ1) is 14.7. The lowest BCUT2D eigenvalue weighted by atomic mass is 10.0. The van der Waals surface area contributed by atoms with Crippen LogP contribution >= 0.6 is 0 Å². The molecule has 2 N–H and O–H groups in total. The molecule has 0 atom stereocenters. The zero-order valence-electron chi connectivity index (χ0n) is 9.44. The second-order valence-corrected chi connectivity index (χ2v) is 3.61. The highest BCUT2D eigenvalue weighted by Crippen LogP contribution is 2.33. The van der Waals surface area contributed by atoms with Gasteiger partial charge in [-0.15, -0.1) is 0 Å². The summed E-state index contributed by atoms with van der Waals surface area (Å²) in [5, 5.41) is 17.0. The highest BCUT2D eigenvalue weighted by molar-refractivity contribution is 5.88. The number of carbonyl (C=O) groups is 2. The van der Waals surface area contributed by atoms with Crippen LogP contribution < -0.4 is 0 Å². The van der Waals surface area contributed by atoms with Crippen molar-refractivity contribution in [1.82, 2.24) is 0 Å². The average Bonchev–Trinajstić information content (AvgIpc) is 2.27. The molecule has 0 aromatic heterocycles. The second-order valence-electron chi connectivity index (χ2n) is 3.61. The molecule has 0 saturated heterocycles. The van der Waals surface area contributed by atoms with Crippen molar-refractivity contribution in [3.05, 3.63) is 41.0 Å². The molecular formula is C12H9F3O4. The number of carboxylic acid groups (broad SMARTS) is 2. The highest BCUT2D eigenvalue weighted by Gasteiger charge is 2.33. The summed E-state index contributed by atoms with van der Waals surface area (Å²) in [6, 6.07) is 2.53. The largest absolute Gasteiger partial charge is 0.481 e. The van der Waals surface area contributed by atoms with Gasteiger partial charge < -0.3 is 10.2 Å². The van der Waals surface area contributed by atoms with Gasteiger partial charge in [-0.2, -0.15) is 13.2 Å². The van der Waals surface area contributed by atoms with Crippen LogP contribution in [0.5, 0.6) is 0 Å². The molecule has 0 saturated carbocycles. The van der Waals surface area contributed by atoms with Gasteiger partial charge in [0, 0.05) is 0 Å². The molecule has 0 unspecified atom stereocenters. The van der Waals surface area contributed by atoms with E-state index in [1.54, 1.807) is 0 Å². The Morgan fingerprint density at radius 3 is 2.32 bits per heavy atom. The van der Waals surface area contributed by atoms with Gasteiger partial charge >= 0.3 is 18.1 Å². The molecule has 1 rings (SSSR count). The molecule has 4 nitrogen and oxygen atoms in total. The van der Waals surface area contributed by atoms with Crippen LogP contribution in [0, 0.1) is 0 Å². The molecule has 0 fully saturated rings. The molecule has 1 aromatic carbocycles. The molecule has 1 aromatic rings. The Morgan fingerprint density at radius 1 is 1.21 bits per heavy atom. The van der Waals surface area contributed by atoms with Crippen LogP contribution in [-0.2, 0) is 11.0 Å². The van der Waals surface area contributed by atoms with Crippen LogP contribution in [0.2, 0.25) is 0 Å². The molecule has 7 heteroatoms. The first-order valence-electron chi connectivity index (χ1n) is 5.04. The average molecular weight is 274 g/mol. The summed E-state index contributed by atoms with van der Waals surface area (Å²) in [7, 11) is 0. The van der Waals surface area contributed by atoms with Gasteiger partial charge in [-0.1, -0.05) is 18.2 Å². The number of hydrogen-bond acceptors (Lipinski definition) is 2. The molecule has 0 aliphatic rings. The molecular weight excluding hydrogens is 265 g/mol. The highest BCUT2D eigenvalue weighted by atomic mass is 19.4. The minimum Gasteiger partial charge on any atom is -0.481 e. The van der Waals surface area contributed by atoms with E-state index in [-0.39, 0.29) is 5.56 Å². The molecule has 0 amide bonds. The number of aromatic carboxylic acids is 1. The molecule has 0 aliphatic carbocycles. The van der Waals surface area contributed by atoms with Crippen LogP contribution in [0.15, 0.2) is 24.3 Å². The normalized spacial score (nSPS) is 11.7. The minimum absolute atomic E-state index is 0.279. The fraction of sp³-hybridized carbons (Fsp3) is 0.167. The summed E-state index contributed by atoms with van der Waals surface area (Å²) in [5.74, 6) is -2.64. The summed E-state index contributed by atoms with van der Waals surface area (Å²) in [6.07, 6.45) is -3.07. The van der Waals surface area contributed by atoms with Crippen LogP contribution in [0.3, 0.4) is 0 Å². The van der Waals surface area contributed by atoms with Gasteiger partial charge in [0.2, 0.25) is 0 Å². The molecule has 19 heavy (non-hydrogen) atoms. The van der Waals surface area contributed by atoms with E-state index in [9.17, 15) is 22.8 Å². The zero-order valence-corrected chi connectivity index (χ0v) is 9.44. The zero-order chi connectivity index (χ0) is 14.6. The maximum Gasteiger partial charge on any atom is 0.417 e. The Kier molecular flexibility index (Phi) is 4.31. The Bertz CT molecular complexity index is 532. The van der Waals surface area contributed by atoms with Crippen molar-refractivity contribution in [3.8, 4) is 0 Å². The Hall–Kier alpha value is -2.31. The van der Waals surface area contributed by atoms with E-state index in [0.717, 1.165) is 24.3 Å². The van der Waals surface area contributed by atoms with Gasteiger partial charge in [0.1, 0.15) is 0 Å². The summed E-state index contributed by atoms with van der Waals surface area (Å²) >= 11 is 0. The number of alkyl halides is 3. The first-order valence-corrected chi connectivity index (χ1v) is 5.04. The number of carboxylic acids is 2. The van der Waals surface area contributed by atoms with E-state index >= 15 is 0 Å². The third kappa shape index (κ3) is 4.13. The van der Waals surface area contributed by atoms with Gasteiger partial charge in [0.15, 0.2) is 0 Å². The lowest BCUT2D eigenvalue weighted by molar-refractivity contribution is -0.138. The Labute approximate surface area is 105 Å². The molecule has 102 valence electrons. The number of hydrogen-bond donors (Lipinski definition) is 2. The van der Waals surface area contributed by atoms with Crippen molar-refractivity contribution in [2.24, 2.45) is 0 Å². The third-order valence-corrected chi connectivity index (χ3v) is 2.20. The van der Waals surface area contributed by atoms with Crippen molar-refractivity contribution < 1.29 is 33.0 Å². The third-order valence-electron chi connectivity index (χ3n) is 2.20. The maximum atomic E-state index is 12.7. The first-order chi connectivity index (χ1) is 8.71. The summed E-state index contributed by atoms with van der Waals surface area (Å²) in [6.45, 7) is 0. The lowest BCUT2D eigenvalue weighted by Crippen LogP contribution is -2.09. The smallest absolute Gasteiger partial charge is 0.417 e. The number of halogens is 3. The van der Waals surface area contributed by atoms with Gasteiger partial charge in [-0.3, -0.25) is 4.79 Å². The van der Waals surface area contributed by atoms with Gasteiger partial charge in [0.25, 0.3) is 0 Å². The lowest BCUT2D eigenvalue weighted by Gasteiger charge is -2.11. The Morgan fingerprint density at radius 2 is 1.84 bits per heavy atom. The Balaban J connectivity index is 3.20. The SMILES string of the molecule is O=C(O)CC=Cc1ccc(C(=O)O)cc1C(F)(F)F. The van der Waals surface area contributed by atoms with E-state index in [2.05, 4.69) is 0 Å². The van der Waals surface area contributed by atoms with Gasteiger partial charge in [-0.05, 0) is 17.7 Å². The van der Waals surface area contributed by atoms with E-state index < -0.39 is 35.7 Å². The number of aliphatic carboxylic acids is 1. The monoisotopic (exact) mass is 274 g/mol. The van der Waals surface area contributed by atoms with Crippen LogP contribution in [0.4, 0.5) is 13.2 Å². The predicted octanol–water partition coefficient (Wildman–Crippen LogP) is 2.89. The van der Waals surface area contributed by atoms with Crippen molar-refractivity contribution in [3.63, 3.8) is 0 Å². The fourth-order valence-electron chi connectivity index (χ4n) is 1.37. The summed E-state index contributed by atoms with van der Waals surface area (Å²) < 4.78 is 38.2. The molecule has 0 heterocycles. The van der Waals surface area contributed by atoms with Crippen LogP contribution in [0.1, 0.15) is 27.9 Å². The van der Waals surface area contributed by atoms with E-state index in [1.165, 1.54) is 0 Å². The fourth-order valence-corrected chi connectivity index (χ4v) is 1.37. The maximum absolute atomic E-state index is 12.7. The number of benzene rings is 1. The topological polar surface area (TPSA) is 74.6 Å². The van der Waals surface area contributed by atoms with Crippen molar-refractivity contribution >= 4 is 18.0 Å². The van der Waals surface area contributed by atoms with Crippen molar-refractivity contribution in [2.75, 3.05) is 0 Å².